The van der Waals surface area contributed by atoms with Gasteiger partial charge in [0.2, 0.25) is 5.91 Å². The van der Waals surface area contributed by atoms with E-state index in [-0.39, 0.29) is 5.25 Å². The van der Waals surface area contributed by atoms with Crippen LogP contribution >= 0.6 is 11.8 Å². The maximum atomic E-state index is 13.1. The van der Waals surface area contributed by atoms with Gasteiger partial charge in [-0.2, -0.15) is 0 Å². The van der Waals surface area contributed by atoms with Gasteiger partial charge >= 0.3 is 0 Å². The van der Waals surface area contributed by atoms with Crippen molar-refractivity contribution in [2.24, 2.45) is 5.92 Å². The first-order valence-electron chi connectivity index (χ1n) is 9.39. The van der Waals surface area contributed by atoms with E-state index in [1.54, 1.807) is 11.8 Å². The lowest BCUT2D eigenvalue weighted by atomic mass is 10.1. The van der Waals surface area contributed by atoms with Crippen LogP contribution in [0.2, 0.25) is 0 Å². The average Bonchev–Trinajstić information content (AvgIpc) is 3.12. The number of benzene rings is 2. The average molecular weight is 369 g/mol. The van der Waals surface area contributed by atoms with Gasteiger partial charge in [-0.05, 0) is 30.0 Å². The maximum Gasteiger partial charge on any atom is 0.236 e. The van der Waals surface area contributed by atoms with Crippen LogP contribution in [0.4, 0.5) is 5.69 Å². The first-order valence-corrected chi connectivity index (χ1v) is 10.4. The molecule has 2 unspecified atom stereocenters. The second-order valence-electron chi connectivity index (χ2n) is 7.24. The normalized spacial score (nSPS) is 18.1. The second kappa shape index (κ2) is 9.13. The van der Waals surface area contributed by atoms with Gasteiger partial charge in [0.25, 0.3) is 0 Å². The zero-order valence-electron chi connectivity index (χ0n) is 15.6. The smallest absolute Gasteiger partial charge is 0.236 e. The van der Waals surface area contributed by atoms with Crippen molar-refractivity contribution in [1.29, 1.82) is 0 Å². The largest absolute Gasteiger partial charge is 0.380 e. The molecule has 0 spiro atoms. The molecule has 138 valence electrons. The molecule has 26 heavy (non-hydrogen) atoms. The minimum Gasteiger partial charge on any atom is -0.380 e. The van der Waals surface area contributed by atoms with Crippen LogP contribution in [0.1, 0.15) is 25.8 Å². The highest BCUT2D eigenvalue weighted by molar-refractivity contribution is 7.99. The number of carbonyl (C=O) groups is 1. The Hall–Kier alpha value is -1.94. The van der Waals surface area contributed by atoms with Gasteiger partial charge < -0.3 is 10.2 Å². The summed E-state index contributed by atoms with van der Waals surface area (Å²) in [5, 5.41) is 3.57. The molecule has 3 nitrogen and oxygen atoms in total. The zero-order chi connectivity index (χ0) is 18.4. The van der Waals surface area contributed by atoms with E-state index in [9.17, 15) is 4.79 Å². The molecule has 0 bridgehead atoms. The van der Waals surface area contributed by atoms with Gasteiger partial charge in [0.1, 0.15) is 0 Å². The first kappa shape index (κ1) is 18.8. The topological polar surface area (TPSA) is 32.3 Å². The molecular formula is C22H28N2OS. The number of amides is 1. The molecule has 1 N–H and O–H groups in total. The highest BCUT2D eigenvalue weighted by atomic mass is 32.2. The number of likely N-dealkylation sites (tertiary alicyclic amines) is 1. The predicted molar refractivity (Wildman–Crippen MR) is 111 cm³/mol. The van der Waals surface area contributed by atoms with Crippen LogP contribution in [0, 0.1) is 5.92 Å². The van der Waals surface area contributed by atoms with Crippen molar-refractivity contribution in [2.45, 2.75) is 37.3 Å². The fourth-order valence-electron chi connectivity index (χ4n) is 3.34. The summed E-state index contributed by atoms with van der Waals surface area (Å²) in [4.78, 5) is 15.1. The Morgan fingerprint density at radius 3 is 2.42 bits per heavy atom. The number of anilines is 1. The summed E-state index contributed by atoms with van der Waals surface area (Å²) < 4.78 is 0. The Kier molecular flexibility index (Phi) is 6.62. The third-order valence-corrected chi connectivity index (χ3v) is 6.37. The fourth-order valence-corrected chi connectivity index (χ4v) is 4.58. The van der Waals surface area contributed by atoms with Crippen LogP contribution in [0.15, 0.2) is 60.7 Å². The summed E-state index contributed by atoms with van der Waals surface area (Å²) in [6.07, 6.45) is 1.01. The number of nitrogens with one attached hydrogen (secondary N) is 1. The highest BCUT2D eigenvalue weighted by Crippen LogP contribution is 2.27. The summed E-state index contributed by atoms with van der Waals surface area (Å²) in [7, 11) is 0. The van der Waals surface area contributed by atoms with Gasteiger partial charge in [-0.1, -0.05) is 62.4 Å². The predicted octanol–water partition coefficient (Wildman–Crippen LogP) is 4.66. The summed E-state index contributed by atoms with van der Waals surface area (Å²) in [6, 6.07) is 21.0. The van der Waals surface area contributed by atoms with Crippen molar-refractivity contribution in [2.75, 3.05) is 18.4 Å². The van der Waals surface area contributed by atoms with E-state index >= 15 is 0 Å². The number of thioether (sulfide) groups is 1. The van der Waals surface area contributed by atoms with E-state index in [4.69, 9.17) is 0 Å². The van der Waals surface area contributed by atoms with Crippen molar-refractivity contribution in [3.63, 3.8) is 0 Å². The van der Waals surface area contributed by atoms with Gasteiger partial charge in [0.05, 0.1) is 5.25 Å². The van der Waals surface area contributed by atoms with Gasteiger partial charge in [-0.15, -0.1) is 11.8 Å². The molecular weight excluding hydrogens is 340 g/mol. The molecule has 1 heterocycles. The molecule has 0 radical (unpaired) electrons. The van der Waals surface area contributed by atoms with Gasteiger partial charge in [0.15, 0.2) is 0 Å². The molecule has 1 amide bonds. The summed E-state index contributed by atoms with van der Waals surface area (Å²) in [5.41, 5.74) is 2.41. The Balaban J connectivity index is 1.55. The quantitative estimate of drug-likeness (QED) is 0.771. The monoisotopic (exact) mass is 368 g/mol. The third kappa shape index (κ3) is 5.04. The Morgan fingerprint density at radius 2 is 1.77 bits per heavy atom. The number of hydrogen-bond donors (Lipinski definition) is 1. The van der Waals surface area contributed by atoms with Crippen LogP contribution in [-0.4, -0.2) is 35.2 Å². The van der Waals surface area contributed by atoms with Crippen LogP contribution in [-0.2, 0) is 10.5 Å². The third-order valence-electron chi connectivity index (χ3n) is 4.77. The van der Waals surface area contributed by atoms with E-state index in [2.05, 4.69) is 55.6 Å². The van der Waals surface area contributed by atoms with E-state index < -0.39 is 0 Å². The Morgan fingerprint density at radius 1 is 1.12 bits per heavy atom. The number of rotatable bonds is 7. The van der Waals surface area contributed by atoms with Crippen molar-refractivity contribution < 1.29 is 4.79 Å². The molecule has 1 fully saturated rings. The van der Waals surface area contributed by atoms with Crippen LogP contribution in [0.5, 0.6) is 0 Å². The molecule has 1 saturated heterocycles. The van der Waals surface area contributed by atoms with Crippen molar-refractivity contribution in [1.82, 2.24) is 4.90 Å². The van der Waals surface area contributed by atoms with E-state index in [0.29, 0.717) is 17.9 Å². The minimum absolute atomic E-state index is 0.0191. The molecule has 1 aliphatic rings. The molecule has 2 aromatic rings. The van der Waals surface area contributed by atoms with E-state index in [1.165, 1.54) is 5.56 Å². The van der Waals surface area contributed by atoms with Gasteiger partial charge in [-0.25, -0.2) is 0 Å². The van der Waals surface area contributed by atoms with Crippen molar-refractivity contribution in [3.8, 4) is 0 Å². The van der Waals surface area contributed by atoms with E-state index in [0.717, 1.165) is 31.0 Å². The summed E-state index contributed by atoms with van der Waals surface area (Å²) >= 11 is 1.77. The standard InChI is InChI=1S/C22H28N2OS/c1-17(2)21(26-16-18-9-5-3-6-10-18)22(25)24-14-13-20(15-24)23-19-11-7-4-8-12-19/h3-12,17,20-21,23H,13-16H2,1-2H3. The molecule has 1 aliphatic heterocycles. The van der Waals surface area contributed by atoms with Crippen LogP contribution in [0.3, 0.4) is 0 Å². The highest BCUT2D eigenvalue weighted by Gasteiger charge is 2.32. The van der Waals surface area contributed by atoms with Gasteiger partial charge in [-0.3, -0.25) is 4.79 Å². The van der Waals surface area contributed by atoms with Crippen LogP contribution in [0.25, 0.3) is 0 Å². The summed E-state index contributed by atoms with van der Waals surface area (Å²) in [5.74, 6) is 1.50. The van der Waals surface area contributed by atoms with Crippen molar-refractivity contribution >= 4 is 23.4 Å². The fraction of sp³-hybridized carbons (Fsp3) is 0.409. The van der Waals surface area contributed by atoms with Crippen LogP contribution < -0.4 is 5.32 Å². The molecule has 4 heteroatoms. The van der Waals surface area contributed by atoms with Crippen molar-refractivity contribution in [3.05, 3.63) is 66.2 Å². The summed E-state index contributed by atoms with van der Waals surface area (Å²) in [6.45, 7) is 5.94. The zero-order valence-corrected chi connectivity index (χ0v) is 16.4. The Labute approximate surface area is 161 Å². The molecule has 3 rings (SSSR count). The maximum absolute atomic E-state index is 13.1. The molecule has 0 saturated carbocycles. The molecule has 2 atom stereocenters. The number of nitrogens with zero attached hydrogens (tertiary/aromatic N) is 1. The SMILES string of the molecule is CC(C)C(SCc1ccccc1)C(=O)N1CCC(Nc2ccccc2)C1. The second-order valence-corrected chi connectivity index (χ2v) is 8.37. The lowest BCUT2D eigenvalue weighted by molar-refractivity contribution is -0.130. The lowest BCUT2D eigenvalue weighted by Crippen LogP contribution is -2.39. The lowest BCUT2D eigenvalue weighted by Gasteiger charge is -2.26. The molecule has 2 aromatic carbocycles. The minimum atomic E-state index is 0.0191. The van der Waals surface area contributed by atoms with Gasteiger partial charge in [0, 0.05) is 30.6 Å². The Bertz CT molecular complexity index is 690. The number of carbonyl (C=O) groups excluding carboxylic acids is 1. The van der Waals surface area contributed by atoms with E-state index in [1.807, 2.05) is 29.2 Å². The first-order chi connectivity index (χ1) is 12.6. The molecule has 0 aromatic heterocycles. The molecule has 0 aliphatic carbocycles. The number of para-hydroxylation sites is 1. The number of hydrogen-bond acceptors (Lipinski definition) is 3.